The minimum Gasteiger partial charge on any atom is -0.321 e. The van der Waals surface area contributed by atoms with Crippen molar-refractivity contribution in [2.24, 2.45) is 0 Å². The van der Waals surface area contributed by atoms with E-state index in [2.05, 4.69) is 26.2 Å². The molecule has 6 nitrogen and oxygen atoms in total. The van der Waals surface area contributed by atoms with E-state index in [1.807, 2.05) is 6.92 Å². The summed E-state index contributed by atoms with van der Waals surface area (Å²) in [5.74, 6) is -0.403. The van der Waals surface area contributed by atoms with Crippen LogP contribution in [0.1, 0.15) is 21.5 Å². The van der Waals surface area contributed by atoms with E-state index >= 15 is 0 Å². The zero-order valence-electron chi connectivity index (χ0n) is 11.4. The van der Waals surface area contributed by atoms with Crippen LogP contribution in [-0.4, -0.2) is 15.8 Å². The molecule has 0 aliphatic carbocycles. The smallest absolute Gasteiger partial charge is 0.270 e. The Morgan fingerprint density at radius 1 is 1.29 bits per heavy atom. The van der Waals surface area contributed by atoms with Crippen LogP contribution in [0.2, 0.25) is 0 Å². The number of hydrogen-bond acceptors (Lipinski definition) is 4. The van der Waals surface area contributed by atoms with Crippen molar-refractivity contribution >= 4 is 33.2 Å². The van der Waals surface area contributed by atoms with Gasteiger partial charge in [-0.2, -0.15) is 0 Å². The molecule has 7 heteroatoms. The van der Waals surface area contributed by atoms with Gasteiger partial charge in [0.25, 0.3) is 11.6 Å². The lowest BCUT2D eigenvalue weighted by atomic mass is 10.1. The van der Waals surface area contributed by atoms with Gasteiger partial charge in [0.15, 0.2) is 0 Å². The predicted molar refractivity (Wildman–Crippen MR) is 82.5 cm³/mol. The average Bonchev–Trinajstić information content (AvgIpc) is 2.43. The number of carbonyl (C=O) groups excluding carboxylic acids is 1. The van der Waals surface area contributed by atoms with Crippen LogP contribution < -0.4 is 5.32 Å². The number of rotatable bonds is 3. The van der Waals surface area contributed by atoms with Crippen LogP contribution in [0.4, 0.5) is 11.4 Å². The van der Waals surface area contributed by atoms with Crippen LogP contribution in [-0.2, 0) is 0 Å². The molecule has 1 heterocycles. The number of benzene rings is 1. The summed E-state index contributed by atoms with van der Waals surface area (Å²) in [6, 6.07) is 5.96. The Morgan fingerprint density at radius 3 is 2.62 bits per heavy atom. The zero-order chi connectivity index (χ0) is 15.6. The monoisotopic (exact) mass is 349 g/mol. The molecule has 0 radical (unpaired) electrons. The standard InChI is InChI=1S/C14H12BrN3O3/c1-8-3-4-11(18(20)21)6-12(8)14(19)17-10-5-9(2)13(15)16-7-10/h3-7H,1-2H3,(H,17,19). The molecule has 1 amide bonds. The number of aryl methyl sites for hydroxylation is 2. The Bertz CT molecular complexity index is 731. The molecule has 0 saturated carbocycles. The number of hydrogen-bond donors (Lipinski definition) is 1. The molecule has 1 aromatic heterocycles. The number of nitro groups is 1. The zero-order valence-corrected chi connectivity index (χ0v) is 13.0. The van der Waals surface area contributed by atoms with E-state index in [0.29, 0.717) is 15.9 Å². The fourth-order valence-electron chi connectivity index (χ4n) is 1.79. The summed E-state index contributed by atoms with van der Waals surface area (Å²) in [6.45, 7) is 3.58. The molecular formula is C14H12BrN3O3. The van der Waals surface area contributed by atoms with Crippen LogP contribution in [0.25, 0.3) is 0 Å². The van der Waals surface area contributed by atoms with Crippen LogP contribution in [0.15, 0.2) is 35.1 Å². The van der Waals surface area contributed by atoms with Gasteiger partial charge in [0.1, 0.15) is 4.60 Å². The Balaban J connectivity index is 2.29. The van der Waals surface area contributed by atoms with E-state index in [1.54, 1.807) is 19.1 Å². The second-order valence-corrected chi connectivity index (χ2v) is 5.29. The third-order valence-corrected chi connectivity index (χ3v) is 3.78. The van der Waals surface area contributed by atoms with Gasteiger partial charge in [-0.1, -0.05) is 6.07 Å². The molecule has 1 aromatic carbocycles. The van der Waals surface area contributed by atoms with Crippen LogP contribution >= 0.6 is 15.9 Å². The third-order valence-electron chi connectivity index (χ3n) is 2.95. The maximum atomic E-state index is 12.2. The number of nitrogens with zero attached hydrogens (tertiary/aromatic N) is 2. The fourth-order valence-corrected chi connectivity index (χ4v) is 2.01. The lowest BCUT2D eigenvalue weighted by molar-refractivity contribution is -0.384. The topological polar surface area (TPSA) is 85.1 Å². The molecule has 1 N–H and O–H groups in total. The summed E-state index contributed by atoms with van der Waals surface area (Å²) >= 11 is 3.28. The normalized spacial score (nSPS) is 10.2. The van der Waals surface area contributed by atoms with Gasteiger partial charge in [0, 0.05) is 17.7 Å². The van der Waals surface area contributed by atoms with Crippen LogP contribution in [0.3, 0.4) is 0 Å². The van der Waals surface area contributed by atoms with E-state index in [4.69, 9.17) is 0 Å². The highest BCUT2D eigenvalue weighted by Gasteiger charge is 2.15. The SMILES string of the molecule is Cc1ccc([N+](=O)[O-])cc1C(=O)Nc1cnc(Br)c(C)c1. The summed E-state index contributed by atoms with van der Waals surface area (Å²) in [7, 11) is 0. The van der Waals surface area contributed by atoms with Gasteiger partial charge in [-0.15, -0.1) is 0 Å². The van der Waals surface area contributed by atoms with Gasteiger partial charge in [-0.05, 0) is 47.0 Å². The highest BCUT2D eigenvalue weighted by Crippen LogP contribution is 2.20. The van der Waals surface area contributed by atoms with Crippen molar-refractivity contribution in [3.63, 3.8) is 0 Å². The lowest BCUT2D eigenvalue weighted by Gasteiger charge is -2.08. The second-order valence-electron chi connectivity index (χ2n) is 4.54. The molecule has 2 aromatic rings. The quantitative estimate of drug-likeness (QED) is 0.520. The van der Waals surface area contributed by atoms with Gasteiger partial charge < -0.3 is 5.32 Å². The van der Waals surface area contributed by atoms with E-state index in [9.17, 15) is 14.9 Å². The number of halogens is 1. The molecular weight excluding hydrogens is 338 g/mol. The summed E-state index contributed by atoms with van der Waals surface area (Å²) in [5, 5.41) is 13.5. The summed E-state index contributed by atoms with van der Waals surface area (Å²) in [6.07, 6.45) is 1.52. The fraction of sp³-hybridized carbons (Fsp3) is 0.143. The maximum absolute atomic E-state index is 12.2. The first-order valence-corrected chi connectivity index (χ1v) is 6.86. The summed E-state index contributed by atoms with van der Waals surface area (Å²) in [5.41, 5.74) is 2.23. The maximum Gasteiger partial charge on any atom is 0.270 e. The number of anilines is 1. The van der Waals surface area contributed by atoms with Gasteiger partial charge in [0.2, 0.25) is 0 Å². The van der Waals surface area contributed by atoms with Crippen molar-refractivity contribution in [3.8, 4) is 0 Å². The number of aromatic nitrogens is 1. The summed E-state index contributed by atoms with van der Waals surface area (Å²) < 4.78 is 0.701. The van der Waals surface area contributed by atoms with Crippen LogP contribution in [0, 0.1) is 24.0 Å². The van der Waals surface area contributed by atoms with E-state index < -0.39 is 10.8 Å². The molecule has 0 atom stereocenters. The van der Waals surface area contributed by atoms with Crippen molar-refractivity contribution < 1.29 is 9.72 Å². The van der Waals surface area contributed by atoms with Crippen molar-refractivity contribution in [1.82, 2.24) is 4.98 Å². The van der Waals surface area contributed by atoms with Gasteiger partial charge >= 0.3 is 0 Å². The van der Waals surface area contributed by atoms with E-state index in [-0.39, 0.29) is 11.3 Å². The Labute approximate surface area is 129 Å². The number of carbonyl (C=O) groups is 1. The highest BCUT2D eigenvalue weighted by molar-refractivity contribution is 9.10. The van der Waals surface area contributed by atoms with Gasteiger partial charge in [0.05, 0.1) is 16.8 Å². The second kappa shape index (κ2) is 6.01. The third kappa shape index (κ3) is 3.43. The van der Waals surface area contributed by atoms with Gasteiger partial charge in [-0.3, -0.25) is 14.9 Å². The molecule has 2 rings (SSSR count). The molecule has 0 fully saturated rings. The Morgan fingerprint density at radius 2 is 2.00 bits per heavy atom. The number of nitrogens with one attached hydrogen (secondary N) is 1. The predicted octanol–water partition coefficient (Wildman–Crippen LogP) is 3.62. The minimum atomic E-state index is -0.526. The molecule has 0 saturated heterocycles. The number of nitro benzene ring substituents is 1. The first kappa shape index (κ1) is 15.1. The lowest BCUT2D eigenvalue weighted by Crippen LogP contribution is -2.14. The number of amides is 1. The highest BCUT2D eigenvalue weighted by atomic mass is 79.9. The molecule has 0 bridgehead atoms. The molecule has 0 aliphatic heterocycles. The van der Waals surface area contributed by atoms with E-state index in [1.165, 1.54) is 18.3 Å². The molecule has 0 unspecified atom stereocenters. The van der Waals surface area contributed by atoms with Crippen molar-refractivity contribution in [2.75, 3.05) is 5.32 Å². The van der Waals surface area contributed by atoms with Gasteiger partial charge in [-0.25, -0.2) is 4.98 Å². The first-order valence-electron chi connectivity index (χ1n) is 6.07. The summed E-state index contributed by atoms with van der Waals surface area (Å²) in [4.78, 5) is 26.6. The largest absolute Gasteiger partial charge is 0.321 e. The van der Waals surface area contributed by atoms with Crippen molar-refractivity contribution in [1.29, 1.82) is 0 Å². The average molecular weight is 350 g/mol. The first-order chi connectivity index (χ1) is 9.88. The van der Waals surface area contributed by atoms with Crippen molar-refractivity contribution in [2.45, 2.75) is 13.8 Å². The van der Waals surface area contributed by atoms with Crippen molar-refractivity contribution in [3.05, 3.63) is 61.9 Å². The molecule has 21 heavy (non-hydrogen) atoms. The number of pyridine rings is 1. The Hall–Kier alpha value is -2.28. The molecule has 0 aliphatic rings. The number of non-ortho nitro benzene ring substituents is 1. The minimum absolute atomic E-state index is 0.115. The van der Waals surface area contributed by atoms with E-state index in [0.717, 1.165) is 5.56 Å². The van der Waals surface area contributed by atoms with Crippen LogP contribution in [0.5, 0.6) is 0 Å². The Kier molecular flexibility index (Phi) is 4.32. The molecule has 108 valence electrons. The molecule has 0 spiro atoms.